The summed E-state index contributed by atoms with van der Waals surface area (Å²) in [5.41, 5.74) is -3.20. The zero-order valence-corrected chi connectivity index (χ0v) is 28.3. The summed E-state index contributed by atoms with van der Waals surface area (Å²) in [7, 11) is 0. The first kappa shape index (κ1) is 17.1. The summed E-state index contributed by atoms with van der Waals surface area (Å²) in [6.45, 7) is 0. The highest BCUT2D eigenvalue weighted by Gasteiger charge is 2.20. The van der Waals surface area contributed by atoms with Crippen LogP contribution in [0.15, 0.2) is 206 Å². The Hall–Kier alpha value is -7.43. The molecule has 2 aromatic heterocycles. The quantitative estimate of drug-likeness (QED) is 0.164. The second-order valence-electron chi connectivity index (χ2n) is 12.1. The molecule has 0 saturated carbocycles. The zero-order chi connectivity index (χ0) is 54.8. The Balaban J connectivity index is 1.44. The fourth-order valence-corrected chi connectivity index (χ4v) is 6.27. The van der Waals surface area contributed by atoms with Crippen molar-refractivity contribution in [1.82, 2.24) is 19.5 Å². The summed E-state index contributed by atoms with van der Waals surface area (Å²) in [5, 5.41) is -0.606. The van der Waals surface area contributed by atoms with Crippen molar-refractivity contribution < 1.29 is 28.8 Å². The number of aromatic nitrogens is 4. The van der Waals surface area contributed by atoms with Crippen molar-refractivity contribution in [3.8, 4) is 73.2 Å². The summed E-state index contributed by atoms with van der Waals surface area (Å²) in [5.74, 6) is 0.222. The van der Waals surface area contributed by atoms with Crippen LogP contribution in [0.5, 0.6) is 0 Å². The van der Waals surface area contributed by atoms with E-state index < -0.39 is 155 Å². The molecule has 0 aliphatic carbocycles. The molecule has 0 amide bonds. The standard InChI is InChI=1S/C51H34N4/c1-5-17-35(18-6-1)40-31-41(36-19-7-2-8-20-36)33-42(32-40)39-29-30-45(48(34-39)55-46-27-15-13-25-43(46)44-26-14-16-28-47(44)55)51-53-49(37-21-9-3-10-22-37)52-50(54-51)38-23-11-4-12-24-38/h1-34H/i1D,2D,5D,6D,7D,8D,13D,14D,15D,16D,17D,18D,19D,20D,25D,26D,27D,28D,31D,32D,33D. The Bertz CT molecular complexity index is 3900. The van der Waals surface area contributed by atoms with Crippen LogP contribution >= 0.6 is 0 Å². The lowest BCUT2D eigenvalue weighted by molar-refractivity contribution is 1.06. The van der Waals surface area contributed by atoms with Gasteiger partial charge in [-0.25, -0.2) is 15.0 Å². The summed E-state index contributed by atoms with van der Waals surface area (Å²) in [6, 6.07) is 5.04. The second kappa shape index (κ2) is 13.8. The van der Waals surface area contributed by atoms with Crippen molar-refractivity contribution in [3.05, 3.63) is 206 Å². The van der Waals surface area contributed by atoms with Crippen LogP contribution in [0.3, 0.4) is 0 Å². The average molecular weight is 724 g/mol. The summed E-state index contributed by atoms with van der Waals surface area (Å²) >= 11 is 0. The van der Waals surface area contributed by atoms with Gasteiger partial charge in [-0.3, -0.25) is 0 Å². The number of fused-ring (bicyclic) bond motifs is 3. The van der Waals surface area contributed by atoms with Crippen molar-refractivity contribution in [2.24, 2.45) is 0 Å². The molecule has 0 spiro atoms. The highest BCUT2D eigenvalue weighted by Crippen LogP contribution is 2.40. The molecule has 0 unspecified atom stereocenters. The molecule has 0 aliphatic heterocycles. The normalized spacial score (nSPS) is 16.6. The summed E-state index contributed by atoms with van der Waals surface area (Å²) in [6.07, 6.45) is 0. The minimum Gasteiger partial charge on any atom is -0.308 e. The lowest BCUT2D eigenvalue weighted by atomic mass is 9.92. The molecule has 0 fully saturated rings. The van der Waals surface area contributed by atoms with Crippen molar-refractivity contribution in [2.75, 3.05) is 0 Å². The van der Waals surface area contributed by atoms with Gasteiger partial charge in [-0.2, -0.15) is 0 Å². The van der Waals surface area contributed by atoms with Gasteiger partial charge < -0.3 is 4.57 Å². The third-order valence-corrected chi connectivity index (χ3v) is 8.75. The molecule has 258 valence electrons. The maximum Gasteiger partial charge on any atom is 0.166 e. The van der Waals surface area contributed by atoms with Crippen molar-refractivity contribution in [2.45, 2.75) is 0 Å². The second-order valence-corrected chi connectivity index (χ2v) is 12.1. The largest absolute Gasteiger partial charge is 0.308 e. The molecule has 55 heavy (non-hydrogen) atoms. The third-order valence-electron chi connectivity index (χ3n) is 8.75. The number of para-hydroxylation sites is 2. The molecule has 0 bridgehead atoms. The number of hydrogen-bond acceptors (Lipinski definition) is 3. The predicted molar refractivity (Wildman–Crippen MR) is 227 cm³/mol. The Labute approximate surface area is 349 Å². The molecule has 4 nitrogen and oxygen atoms in total. The number of rotatable bonds is 7. The first-order valence-electron chi connectivity index (χ1n) is 27.3. The smallest absolute Gasteiger partial charge is 0.166 e. The van der Waals surface area contributed by atoms with E-state index in [1.807, 2.05) is 0 Å². The van der Waals surface area contributed by atoms with Crippen LogP contribution in [0.1, 0.15) is 28.8 Å². The van der Waals surface area contributed by atoms with Gasteiger partial charge in [-0.1, -0.05) is 163 Å². The molecular weight excluding hydrogens is 669 g/mol. The van der Waals surface area contributed by atoms with Gasteiger partial charge in [0.25, 0.3) is 0 Å². The van der Waals surface area contributed by atoms with E-state index in [0.29, 0.717) is 11.1 Å². The van der Waals surface area contributed by atoms with Gasteiger partial charge in [0, 0.05) is 27.5 Å². The highest BCUT2D eigenvalue weighted by atomic mass is 15.1. The maximum atomic E-state index is 9.86. The van der Waals surface area contributed by atoms with Crippen LogP contribution in [0.4, 0.5) is 0 Å². The van der Waals surface area contributed by atoms with E-state index in [9.17, 15) is 6.85 Å². The van der Waals surface area contributed by atoms with Crippen LogP contribution in [-0.4, -0.2) is 19.5 Å². The van der Waals surface area contributed by atoms with E-state index >= 15 is 0 Å². The van der Waals surface area contributed by atoms with Crippen LogP contribution in [0, 0.1) is 0 Å². The maximum absolute atomic E-state index is 9.86. The lowest BCUT2D eigenvalue weighted by Crippen LogP contribution is -2.04. The van der Waals surface area contributed by atoms with Crippen molar-refractivity contribution in [3.63, 3.8) is 0 Å². The SMILES string of the molecule is [2H]c1c([2H])c([2H])c(-c2c([2H])c(-c3ccc(-c4nc(-c5ccccc5)nc(-c5ccccc5)n4)c(-n4c5c([2H])c([2H])c([2H])c([2H])c5c5c([2H])c([2H])c([2H])c([2H])c54)c3)c([2H])c(-c3c([2H])c([2H])c([2H])c([2H])c3[2H])c2[2H])c([2H])c1[2H]. The number of hydrogen-bond donors (Lipinski definition) is 0. The van der Waals surface area contributed by atoms with Crippen LogP contribution in [0.2, 0.25) is 0 Å². The van der Waals surface area contributed by atoms with Crippen LogP contribution in [-0.2, 0) is 0 Å². The van der Waals surface area contributed by atoms with Crippen molar-refractivity contribution >= 4 is 21.8 Å². The highest BCUT2D eigenvalue weighted by molar-refractivity contribution is 6.09. The Morgan fingerprint density at radius 3 is 1.31 bits per heavy atom. The first-order valence-corrected chi connectivity index (χ1v) is 16.8. The van der Waals surface area contributed by atoms with Crippen LogP contribution in [0.25, 0.3) is 95.0 Å². The monoisotopic (exact) mass is 723 g/mol. The first-order chi connectivity index (χ1) is 36.0. The molecule has 10 aromatic rings. The van der Waals surface area contributed by atoms with E-state index in [1.165, 1.54) is 22.8 Å². The van der Waals surface area contributed by atoms with Gasteiger partial charge in [0.2, 0.25) is 0 Å². The molecule has 2 heterocycles. The number of nitrogens with zero attached hydrogens (tertiary/aromatic N) is 4. The van der Waals surface area contributed by atoms with Gasteiger partial charge in [0.1, 0.15) is 0 Å². The Morgan fingerprint density at radius 2 is 0.800 bits per heavy atom. The number of benzene rings is 8. The molecule has 0 radical (unpaired) electrons. The van der Waals surface area contributed by atoms with Gasteiger partial charge in [-0.15, -0.1) is 0 Å². The van der Waals surface area contributed by atoms with Gasteiger partial charge in [0.05, 0.1) is 45.5 Å². The molecule has 4 heteroatoms. The zero-order valence-electron chi connectivity index (χ0n) is 49.3. The molecule has 10 rings (SSSR count). The van der Waals surface area contributed by atoms with Gasteiger partial charge >= 0.3 is 0 Å². The predicted octanol–water partition coefficient (Wildman–Crippen LogP) is 13.0. The van der Waals surface area contributed by atoms with E-state index in [0.717, 1.165) is 0 Å². The Kier molecular flexibility index (Phi) is 4.32. The average Bonchev–Trinajstić information content (AvgIpc) is 4.01. The van der Waals surface area contributed by atoms with Crippen LogP contribution < -0.4 is 0 Å². The van der Waals surface area contributed by atoms with E-state index in [1.54, 1.807) is 60.7 Å². The van der Waals surface area contributed by atoms with Crippen molar-refractivity contribution in [1.29, 1.82) is 0 Å². The van der Waals surface area contributed by atoms with E-state index in [2.05, 4.69) is 0 Å². The molecule has 0 aliphatic rings. The molecule has 0 N–H and O–H groups in total. The lowest BCUT2D eigenvalue weighted by Gasteiger charge is -2.17. The Morgan fingerprint density at radius 1 is 0.364 bits per heavy atom. The molecular formula is C51H34N4. The minimum atomic E-state index is -0.894. The van der Waals surface area contributed by atoms with Gasteiger partial charge in [-0.05, 0) is 75.7 Å². The van der Waals surface area contributed by atoms with E-state index in [4.69, 9.17) is 36.9 Å². The molecule has 8 aromatic carbocycles. The molecule has 0 atom stereocenters. The summed E-state index contributed by atoms with van der Waals surface area (Å²) in [4.78, 5) is 14.6. The molecule has 0 saturated heterocycles. The fourth-order valence-electron chi connectivity index (χ4n) is 6.27. The third kappa shape index (κ3) is 6.06. The fraction of sp³-hybridized carbons (Fsp3) is 0. The topological polar surface area (TPSA) is 43.6 Å². The van der Waals surface area contributed by atoms with Gasteiger partial charge in [0.15, 0.2) is 17.5 Å². The summed E-state index contributed by atoms with van der Waals surface area (Å²) < 4.78 is 189. The van der Waals surface area contributed by atoms with E-state index in [-0.39, 0.29) is 56.1 Å². The minimum absolute atomic E-state index is 0.0194.